The molecule has 0 bridgehead atoms. The number of nitriles is 1. The molecule has 0 spiro atoms. The second-order valence-corrected chi connectivity index (χ2v) is 8.03. The number of nitrogens with zero attached hydrogens (tertiary/aromatic N) is 1. The minimum atomic E-state index is -0.807. The Morgan fingerprint density at radius 3 is 2.78 bits per heavy atom. The van der Waals surface area contributed by atoms with E-state index in [-0.39, 0.29) is 12.7 Å². The number of ether oxygens (including phenoxy) is 2. The van der Waals surface area contributed by atoms with Gasteiger partial charge in [0, 0.05) is 17.3 Å². The number of hydrogen-bond donors (Lipinski definition) is 1. The van der Waals surface area contributed by atoms with Crippen LogP contribution in [0.4, 0.5) is 0 Å². The summed E-state index contributed by atoms with van der Waals surface area (Å²) in [6.07, 6.45) is 5.47. The topological polar surface area (TPSA) is 88.4 Å². The Bertz CT molecular complexity index is 719. The van der Waals surface area contributed by atoms with E-state index in [1.54, 1.807) is 23.9 Å². The summed E-state index contributed by atoms with van der Waals surface area (Å²) in [6, 6.07) is 9.41. The number of carbonyl (C=O) groups excluding carboxylic acids is 2. The van der Waals surface area contributed by atoms with E-state index in [9.17, 15) is 14.9 Å². The number of benzene rings is 1. The van der Waals surface area contributed by atoms with Crippen LogP contribution in [0.5, 0.6) is 0 Å². The van der Waals surface area contributed by atoms with E-state index < -0.39 is 17.4 Å². The first kappa shape index (κ1) is 19.7. The summed E-state index contributed by atoms with van der Waals surface area (Å²) in [5, 5.41) is 12.0. The molecule has 0 radical (unpaired) electrons. The maximum atomic E-state index is 12.4. The Hall–Kier alpha value is -2.04. The van der Waals surface area contributed by atoms with Crippen LogP contribution < -0.4 is 5.32 Å². The van der Waals surface area contributed by atoms with E-state index in [1.165, 1.54) is 0 Å². The van der Waals surface area contributed by atoms with Crippen LogP contribution in [0.2, 0.25) is 0 Å². The molecule has 144 valence electrons. The van der Waals surface area contributed by atoms with Crippen LogP contribution >= 0.6 is 11.8 Å². The molecule has 1 N–H and O–H groups in total. The minimum Gasteiger partial charge on any atom is -0.452 e. The van der Waals surface area contributed by atoms with Crippen molar-refractivity contribution < 1.29 is 19.1 Å². The molecule has 1 aliphatic heterocycles. The van der Waals surface area contributed by atoms with Gasteiger partial charge in [0.05, 0.1) is 17.7 Å². The van der Waals surface area contributed by atoms with Gasteiger partial charge in [0.15, 0.2) is 6.61 Å². The van der Waals surface area contributed by atoms with Gasteiger partial charge in [-0.3, -0.25) is 4.79 Å². The van der Waals surface area contributed by atoms with E-state index in [0.29, 0.717) is 18.4 Å². The Balaban J connectivity index is 1.53. The number of rotatable bonds is 7. The maximum Gasteiger partial charge on any atom is 0.339 e. The third kappa shape index (κ3) is 5.24. The fraction of sp³-hybridized carbons (Fsp3) is 0.550. The molecule has 2 aliphatic rings. The number of nitrogens with one attached hydrogen (secondary N) is 1. The summed E-state index contributed by atoms with van der Waals surface area (Å²) in [5.74, 6) is -0.176. The van der Waals surface area contributed by atoms with E-state index in [0.717, 1.165) is 42.9 Å². The van der Waals surface area contributed by atoms with Crippen molar-refractivity contribution in [3.63, 3.8) is 0 Å². The van der Waals surface area contributed by atoms with Crippen molar-refractivity contribution in [3.8, 4) is 6.07 Å². The quantitative estimate of drug-likeness (QED) is 0.570. The molecular weight excluding hydrogens is 364 g/mol. The monoisotopic (exact) mass is 388 g/mol. The Kier molecular flexibility index (Phi) is 6.75. The standard InChI is InChI=1S/C20H24N2O4S/c21-14-20(9-3-4-10-20)22-18(23)12-26-19(24)16-7-1-2-8-17(16)27-13-15-6-5-11-25-15/h1-2,7-8,15H,3-6,9-13H2,(H,22,23)/t15-/m0/s1. The van der Waals surface area contributed by atoms with Crippen molar-refractivity contribution in [1.82, 2.24) is 5.32 Å². The van der Waals surface area contributed by atoms with Crippen LogP contribution in [-0.2, 0) is 14.3 Å². The van der Waals surface area contributed by atoms with E-state index >= 15 is 0 Å². The van der Waals surface area contributed by atoms with Crippen molar-refractivity contribution in [2.24, 2.45) is 0 Å². The third-order valence-electron chi connectivity index (χ3n) is 4.94. The van der Waals surface area contributed by atoms with E-state index in [1.807, 2.05) is 12.1 Å². The predicted octanol–water partition coefficient (Wildman–Crippen LogP) is 3.07. The van der Waals surface area contributed by atoms with Crippen LogP contribution in [0.3, 0.4) is 0 Å². The number of amides is 1. The van der Waals surface area contributed by atoms with Crippen LogP contribution in [0.1, 0.15) is 48.9 Å². The molecule has 0 unspecified atom stereocenters. The van der Waals surface area contributed by atoms with Crippen LogP contribution in [-0.4, -0.2) is 42.5 Å². The van der Waals surface area contributed by atoms with Crippen LogP contribution in [0, 0.1) is 11.3 Å². The first-order valence-electron chi connectivity index (χ1n) is 9.35. The van der Waals surface area contributed by atoms with Gasteiger partial charge >= 0.3 is 5.97 Å². The SMILES string of the molecule is N#CC1(NC(=O)COC(=O)c2ccccc2SC[C@@H]2CCCO2)CCCC1. The smallest absolute Gasteiger partial charge is 0.339 e. The lowest BCUT2D eigenvalue weighted by molar-refractivity contribution is -0.125. The summed E-state index contributed by atoms with van der Waals surface area (Å²) in [7, 11) is 0. The van der Waals surface area contributed by atoms with Crippen LogP contribution in [0.25, 0.3) is 0 Å². The lowest BCUT2D eigenvalue weighted by atomic mass is 10.00. The normalized spacial score (nSPS) is 20.8. The van der Waals surface area contributed by atoms with E-state index in [2.05, 4.69) is 11.4 Å². The number of hydrogen-bond acceptors (Lipinski definition) is 6. The lowest BCUT2D eigenvalue weighted by Gasteiger charge is -2.21. The molecule has 1 aromatic carbocycles. The second-order valence-electron chi connectivity index (χ2n) is 6.97. The average molecular weight is 388 g/mol. The average Bonchev–Trinajstić information content (AvgIpc) is 3.37. The number of thioether (sulfide) groups is 1. The molecule has 1 saturated heterocycles. The molecule has 1 atom stereocenters. The molecule has 3 rings (SSSR count). The minimum absolute atomic E-state index is 0.221. The largest absolute Gasteiger partial charge is 0.452 e. The van der Waals surface area contributed by atoms with Crippen LogP contribution in [0.15, 0.2) is 29.2 Å². The van der Waals surface area contributed by atoms with Crippen molar-refractivity contribution in [2.45, 2.75) is 55.1 Å². The fourth-order valence-electron chi connectivity index (χ4n) is 3.47. The summed E-state index contributed by atoms with van der Waals surface area (Å²) in [5.41, 5.74) is -0.359. The van der Waals surface area contributed by atoms with Gasteiger partial charge in [-0.15, -0.1) is 11.8 Å². The number of esters is 1. The van der Waals surface area contributed by atoms with Gasteiger partial charge in [-0.25, -0.2) is 4.79 Å². The highest BCUT2D eigenvalue weighted by Crippen LogP contribution is 2.29. The molecule has 1 saturated carbocycles. The zero-order valence-corrected chi connectivity index (χ0v) is 16.1. The molecular formula is C20H24N2O4S. The highest BCUT2D eigenvalue weighted by atomic mass is 32.2. The predicted molar refractivity (Wildman–Crippen MR) is 101 cm³/mol. The second kappa shape index (κ2) is 9.25. The third-order valence-corrected chi connectivity index (χ3v) is 6.15. The summed E-state index contributed by atoms with van der Waals surface area (Å²) >= 11 is 1.57. The molecule has 6 nitrogen and oxygen atoms in total. The Labute approximate surface area is 163 Å². The van der Waals surface area contributed by atoms with Gasteiger partial charge in [-0.2, -0.15) is 5.26 Å². The van der Waals surface area contributed by atoms with Gasteiger partial charge in [0.25, 0.3) is 5.91 Å². The molecule has 0 aromatic heterocycles. The first-order valence-corrected chi connectivity index (χ1v) is 10.3. The molecule has 1 amide bonds. The first-order chi connectivity index (χ1) is 13.1. The van der Waals surface area contributed by atoms with Gasteiger partial charge in [0.2, 0.25) is 0 Å². The Morgan fingerprint density at radius 1 is 1.30 bits per heavy atom. The van der Waals surface area contributed by atoms with E-state index in [4.69, 9.17) is 9.47 Å². The van der Waals surface area contributed by atoms with Crippen molar-refractivity contribution in [3.05, 3.63) is 29.8 Å². The summed E-state index contributed by atoms with van der Waals surface area (Å²) < 4.78 is 10.8. The molecule has 7 heteroatoms. The molecule has 1 heterocycles. The van der Waals surface area contributed by atoms with Gasteiger partial charge in [-0.05, 0) is 50.7 Å². The lowest BCUT2D eigenvalue weighted by Crippen LogP contribution is -2.46. The van der Waals surface area contributed by atoms with Gasteiger partial charge < -0.3 is 14.8 Å². The molecule has 27 heavy (non-hydrogen) atoms. The van der Waals surface area contributed by atoms with Crippen molar-refractivity contribution >= 4 is 23.6 Å². The zero-order valence-electron chi connectivity index (χ0n) is 15.2. The zero-order chi connectivity index (χ0) is 19.1. The summed E-state index contributed by atoms with van der Waals surface area (Å²) in [4.78, 5) is 25.4. The Morgan fingerprint density at radius 2 is 2.07 bits per heavy atom. The highest BCUT2D eigenvalue weighted by molar-refractivity contribution is 7.99. The van der Waals surface area contributed by atoms with Crippen molar-refractivity contribution in [1.29, 1.82) is 5.26 Å². The fourth-order valence-corrected chi connectivity index (χ4v) is 4.58. The van der Waals surface area contributed by atoms with Gasteiger partial charge in [0.1, 0.15) is 5.54 Å². The van der Waals surface area contributed by atoms with Crippen molar-refractivity contribution in [2.75, 3.05) is 19.0 Å². The molecule has 1 aliphatic carbocycles. The van der Waals surface area contributed by atoms with Gasteiger partial charge in [-0.1, -0.05) is 12.1 Å². The highest BCUT2D eigenvalue weighted by Gasteiger charge is 2.35. The summed E-state index contributed by atoms with van der Waals surface area (Å²) in [6.45, 7) is 0.418. The molecule has 2 fully saturated rings. The molecule has 1 aromatic rings. The maximum absolute atomic E-state index is 12.4. The number of carbonyl (C=O) groups is 2.